The summed E-state index contributed by atoms with van der Waals surface area (Å²) in [6.45, 7) is 7.36. The Kier molecular flexibility index (Phi) is 5.73. The van der Waals surface area contributed by atoms with E-state index in [0.717, 1.165) is 23.0 Å². The molecule has 2 aromatic carbocycles. The van der Waals surface area contributed by atoms with Crippen molar-refractivity contribution in [1.29, 1.82) is 0 Å². The predicted octanol–water partition coefficient (Wildman–Crippen LogP) is 6.03. The molecule has 1 saturated heterocycles. The van der Waals surface area contributed by atoms with Crippen LogP contribution in [0.25, 0.3) is 0 Å². The van der Waals surface area contributed by atoms with Crippen LogP contribution < -0.4 is 10.2 Å². The van der Waals surface area contributed by atoms with Crippen LogP contribution in [0.15, 0.2) is 85.1 Å². The molecule has 1 N–H and O–H groups in total. The van der Waals surface area contributed by atoms with Gasteiger partial charge in [0.2, 0.25) is 0 Å². The van der Waals surface area contributed by atoms with E-state index < -0.39 is 0 Å². The van der Waals surface area contributed by atoms with Gasteiger partial charge in [-0.1, -0.05) is 54.1 Å². The lowest BCUT2D eigenvalue weighted by Crippen LogP contribution is -2.29. The third-order valence-electron chi connectivity index (χ3n) is 6.53. The SMILES string of the molecule is Cc1ccc(N2C(=S)N[C@H](c3ccccn3)[C@@H]2c2cc(C)n(Cc3ccccc3)c2C)cc1. The topological polar surface area (TPSA) is 33.1 Å². The number of aryl methyl sites for hydroxylation is 2. The largest absolute Gasteiger partial charge is 0.351 e. The van der Waals surface area contributed by atoms with Gasteiger partial charge in [0.1, 0.15) is 0 Å². The van der Waals surface area contributed by atoms with Gasteiger partial charge in [-0.25, -0.2) is 0 Å². The number of hydrogen-bond acceptors (Lipinski definition) is 2. The Morgan fingerprint density at radius 1 is 0.909 bits per heavy atom. The highest BCUT2D eigenvalue weighted by Crippen LogP contribution is 2.43. The number of benzene rings is 2. The van der Waals surface area contributed by atoms with E-state index in [1.807, 2.05) is 18.3 Å². The summed E-state index contributed by atoms with van der Waals surface area (Å²) in [7, 11) is 0. The molecule has 33 heavy (non-hydrogen) atoms. The van der Waals surface area contributed by atoms with E-state index in [1.165, 1.54) is 28.1 Å². The lowest BCUT2D eigenvalue weighted by atomic mass is 9.96. The molecule has 0 spiro atoms. The van der Waals surface area contributed by atoms with Gasteiger partial charge in [-0.15, -0.1) is 0 Å². The van der Waals surface area contributed by atoms with Gasteiger partial charge in [-0.05, 0) is 74.4 Å². The summed E-state index contributed by atoms with van der Waals surface area (Å²) in [6, 6.07) is 27.6. The first-order valence-corrected chi connectivity index (χ1v) is 11.7. The Bertz CT molecular complexity index is 1260. The molecule has 0 amide bonds. The van der Waals surface area contributed by atoms with E-state index in [4.69, 9.17) is 12.2 Å². The fraction of sp³-hybridized carbons (Fsp3) is 0.214. The summed E-state index contributed by atoms with van der Waals surface area (Å²) in [5.41, 5.74) is 8.38. The molecule has 1 aliphatic heterocycles. The van der Waals surface area contributed by atoms with Crippen LogP contribution in [0.5, 0.6) is 0 Å². The van der Waals surface area contributed by atoms with Gasteiger partial charge in [0.15, 0.2) is 5.11 Å². The summed E-state index contributed by atoms with van der Waals surface area (Å²) in [5, 5.41) is 4.30. The first-order chi connectivity index (χ1) is 16.0. The zero-order chi connectivity index (χ0) is 22.9. The number of anilines is 1. The maximum Gasteiger partial charge on any atom is 0.174 e. The third kappa shape index (κ3) is 4.05. The first kappa shape index (κ1) is 21.4. The molecule has 5 heteroatoms. The maximum atomic E-state index is 5.88. The number of nitrogens with zero attached hydrogens (tertiary/aromatic N) is 3. The molecular formula is C28H28N4S. The van der Waals surface area contributed by atoms with Crippen LogP contribution >= 0.6 is 12.2 Å². The number of nitrogens with one attached hydrogen (secondary N) is 1. The van der Waals surface area contributed by atoms with Gasteiger partial charge < -0.3 is 14.8 Å². The minimum atomic E-state index is -0.0364. The molecule has 4 aromatic rings. The molecule has 0 unspecified atom stereocenters. The lowest BCUT2D eigenvalue weighted by Gasteiger charge is -2.28. The van der Waals surface area contributed by atoms with E-state index in [-0.39, 0.29) is 12.1 Å². The molecule has 1 aliphatic rings. The molecule has 0 saturated carbocycles. The van der Waals surface area contributed by atoms with Gasteiger partial charge in [0.05, 0.1) is 17.8 Å². The molecule has 3 heterocycles. The number of aromatic nitrogens is 2. The second kappa shape index (κ2) is 8.83. The predicted molar refractivity (Wildman–Crippen MR) is 139 cm³/mol. The standard InChI is InChI=1S/C28H28N4S/c1-19-12-14-23(15-13-19)32-27(26(30-28(32)33)25-11-7-8-16-29-25)24-17-20(2)31(21(24)3)18-22-9-5-4-6-10-22/h4-17,26-27H,18H2,1-3H3,(H,30,33)/t26-,27+/m1/s1. The Morgan fingerprint density at radius 2 is 1.64 bits per heavy atom. The van der Waals surface area contributed by atoms with Crippen molar-refractivity contribution in [2.75, 3.05) is 4.90 Å². The normalized spacial score (nSPS) is 17.9. The number of thiocarbonyl (C=S) groups is 1. The minimum Gasteiger partial charge on any atom is -0.351 e. The molecule has 166 valence electrons. The molecule has 5 rings (SSSR count). The Morgan fingerprint density at radius 3 is 2.33 bits per heavy atom. The summed E-state index contributed by atoms with van der Waals surface area (Å²) in [4.78, 5) is 6.94. The smallest absolute Gasteiger partial charge is 0.174 e. The molecule has 2 aromatic heterocycles. The van der Waals surface area contributed by atoms with Crippen molar-refractivity contribution in [3.8, 4) is 0 Å². The van der Waals surface area contributed by atoms with Crippen molar-refractivity contribution in [3.05, 3.63) is 119 Å². The second-order valence-electron chi connectivity index (χ2n) is 8.73. The van der Waals surface area contributed by atoms with Crippen molar-refractivity contribution < 1.29 is 0 Å². The van der Waals surface area contributed by atoms with Crippen molar-refractivity contribution in [3.63, 3.8) is 0 Å². The summed E-state index contributed by atoms with van der Waals surface area (Å²) >= 11 is 5.88. The van der Waals surface area contributed by atoms with Crippen molar-refractivity contribution in [2.45, 2.75) is 39.4 Å². The molecular weight excluding hydrogens is 424 g/mol. The Balaban J connectivity index is 1.62. The van der Waals surface area contributed by atoms with Crippen LogP contribution in [0, 0.1) is 20.8 Å². The first-order valence-electron chi connectivity index (χ1n) is 11.3. The highest BCUT2D eigenvalue weighted by Gasteiger charge is 2.42. The average Bonchev–Trinajstić information content (AvgIpc) is 3.32. The highest BCUT2D eigenvalue weighted by molar-refractivity contribution is 7.80. The molecule has 2 atom stereocenters. The molecule has 4 nitrogen and oxygen atoms in total. The van der Waals surface area contributed by atoms with E-state index in [2.05, 4.69) is 107 Å². The van der Waals surface area contributed by atoms with Gasteiger partial charge >= 0.3 is 0 Å². The number of hydrogen-bond donors (Lipinski definition) is 1. The number of pyridine rings is 1. The van der Waals surface area contributed by atoms with Crippen LogP contribution in [0.2, 0.25) is 0 Å². The lowest BCUT2D eigenvalue weighted by molar-refractivity contribution is 0.563. The minimum absolute atomic E-state index is 0.00540. The van der Waals surface area contributed by atoms with E-state index in [9.17, 15) is 0 Å². The Labute approximate surface area is 200 Å². The van der Waals surface area contributed by atoms with Crippen LogP contribution in [0.3, 0.4) is 0 Å². The van der Waals surface area contributed by atoms with Gasteiger partial charge in [-0.2, -0.15) is 0 Å². The monoisotopic (exact) mass is 452 g/mol. The fourth-order valence-corrected chi connectivity index (χ4v) is 5.14. The second-order valence-corrected chi connectivity index (χ2v) is 9.12. The van der Waals surface area contributed by atoms with Gasteiger partial charge in [-0.3, -0.25) is 4.98 Å². The van der Waals surface area contributed by atoms with Crippen LogP contribution in [0.4, 0.5) is 5.69 Å². The quantitative estimate of drug-likeness (QED) is 0.375. The Hall–Kier alpha value is -3.44. The van der Waals surface area contributed by atoms with Crippen molar-refractivity contribution in [2.24, 2.45) is 0 Å². The molecule has 0 aliphatic carbocycles. The summed E-state index contributed by atoms with van der Waals surface area (Å²) < 4.78 is 2.40. The molecule has 0 bridgehead atoms. The van der Waals surface area contributed by atoms with Gasteiger partial charge in [0.25, 0.3) is 0 Å². The molecule has 1 fully saturated rings. The highest BCUT2D eigenvalue weighted by atomic mass is 32.1. The zero-order valence-corrected chi connectivity index (χ0v) is 20.0. The van der Waals surface area contributed by atoms with Crippen LogP contribution in [-0.4, -0.2) is 14.7 Å². The van der Waals surface area contributed by atoms with Crippen LogP contribution in [-0.2, 0) is 6.54 Å². The summed E-state index contributed by atoms with van der Waals surface area (Å²) in [6.07, 6.45) is 1.85. The summed E-state index contributed by atoms with van der Waals surface area (Å²) in [5.74, 6) is 0. The van der Waals surface area contributed by atoms with E-state index in [1.54, 1.807) is 0 Å². The fourth-order valence-electron chi connectivity index (χ4n) is 4.79. The van der Waals surface area contributed by atoms with Crippen molar-refractivity contribution >= 4 is 23.0 Å². The van der Waals surface area contributed by atoms with Gasteiger partial charge in [0, 0.05) is 29.8 Å². The maximum absolute atomic E-state index is 5.88. The molecule has 0 radical (unpaired) electrons. The van der Waals surface area contributed by atoms with E-state index in [0.29, 0.717) is 0 Å². The average molecular weight is 453 g/mol. The third-order valence-corrected chi connectivity index (χ3v) is 6.84. The van der Waals surface area contributed by atoms with E-state index >= 15 is 0 Å². The van der Waals surface area contributed by atoms with Crippen molar-refractivity contribution in [1.82, 2.24) is 14.9 Å². The zero-order valence-electron chi connectivity index (χ0n) is 19.2. The van der Waals surface area contributed by atoms with Crippen LogP contribution in [0.1, 0.15) is 45.9 Å². The number of rotatable bonds is 5.